The van der Waals surface area contributed by atoms with Gasteiger partial charge in [0.05, 0.1) is 11.9 Å². The summed E-state index contributed by atoms with van der Waals surface area (Å²) in [4.78, 5) is 28.7. The van der Waals surface area contributed by atoms with Crippen molar-refractivity contribution in [1.82, 2.24) is 14.8 Å². The number of aryl methyl sites for hydroxylation is 1. The third-order valence-corrected chi connectivity index (χ3v) is 3.85. The molecule has 0 spiro atoms. The highest BCUT2D eigenvalue weighted by atomic mass is 16.2. The average molecular weight is 334 g/mol. The molecule has 126 valence electrons. The lowest BCUT2D eigenvalue weighted by Crippen LogP contribution is -2.34. The van der Waals surface area contributed by atoms with E-state index in [-0.39, 0.29) is 5.91 Å². The fraction of sp³-hybridized carbons (Fsp3) is 0.158. The number of amides is 1. The zero-order valence-electron chi connectivity index (χ0n) is 14.0. The van der Waals surface area contributed by atoms with E-state index in [2.05, 4.69) is 15.4 Å². The lowest BCUT2D eigenvalue weighted by atomic mass is 10.1. The zero-order chi connectivity index (χ0) is 17.8. The van der Waals surface area contributed by atoms with Crippen LogP contribution in [0.3, 0.4) is 0 Å². The highest BCUT2D eigenvalue weighted by Gasteiger charge is 2.18. The summed E-state index contributed by atoms with van der Waals surface area (Å²) in [5.74, 6) is -0.328. The smallest absolute Gasteiger partial charge is 0.324 e. The molecule has 0 radical (unpaired) electrons. The summed E-state index contributed by atoms with van der Waals surface area (Å²) in [5, 5.41) is 6.87. The van der Waals surface area contributed by atoms with Crippen molar-refractivity contribution in [2.45, 2.75) is 19.9 Å². The number of rotatable bonds is 4. The number of para-hydroxylation sites is 1. The van der Waals surface area contributed by atoms with Crippen LogP contribution in [0.4, 0.5) is 5.69 Å². The van der Waals surface area contributed by atoms with Crippen LogP contribution in [0.15, 0.2) is 65.6 Å². The molecule has 1 aromatic heterocycles. The van der Waals surface area contributed by atoms with Crippen molar-refractivity contribution in [3.63, 3.8) is 0 Å². The Morgan fingerprint density at radius 3 is 2.40 bits per heavy atom. The first kappa shape index (κ1) is 16.6. The quantitative estimate of drug-likeness (QED) is 0.796. The number of aromatic nitrogens is 3. The molecule has 0 fully saturated rings. The largest absolute Gasteiger partial charge is 0.365 e. The molecule has 0 saturated heterocycles. The third-order valence-electron chi connectivity index (χ3n) is 3.85. The molecule has 3 aromatic rings. The van der Waals surface area contributed by atoms with Gasteiger partial charge in [-0.3, -0.25) is 4.79 Å². The standard InChI is InChI=1S/C19H18N4O2/c1-13-8-10-15(11-9-13)17-12-20-23(19(25)22-17)14(2)18(24)21-16-6-4-3-5-7-16/h3-12,14H,1-2H3,(H,21,24)/t14-/m1/s1. The maximum Gasteiger partial charge on any atom is 0.365 e. The number of anilines is 1. The lowest BCUT2D eigenvalue weighted by molar-refractivity contribution is -0.119. The van der Waals surface area contributed by atoms with Crippen molar-refractivity contribution < 1.29 is 4.79 Å². The number of hydrogen-bond acceptors (Lipinski definition) is 4. The van der Waals surface area contributed by atoms with Crippen molar-refractivity contribution in [2.24, 2.45) is 0 Å². The Labute approximate surface area is 145 Å². The predicted octanol–water partition coefficient (Wildman–Crippen LogP) is 2.81. The fourth-order valence-electron chi connectivity index (χ4n) is 2.36. The number of nitrogens with one attached hydrogen (secondary N) is 1. The summed E-state index contributed by atoms with van der Waals surface area (Å²) in [6.07, 6.45) is 1.50. The molecule has 0 aliphatic carbocycles. The van der Waals surface area contributed by atoms with Crippen LogP contribution in [0.5, 0.6) is 0 Å². The second-order valence-electron chi connectivity index (χ2n) is 5.77. The van der Waals surface area contributed by atoms with Crippen LogP contribution in [-0.2, 0) is 4.79 Å². The van der Waals surface area contributed by atoms with E-state index in [1.807, 2.05) is 49.4 Å². The molecule has 0 bridgehead atoms. The fourth-order valence-corrected chi connectivity index (χ4v) is 2.36. The van der Waals surface area contributed by atoms with E-state index in [0.29, 0.717) is 11.4 Å². The number of carbonyl (C=O) groups excluding carboxylic acids is 1. The molecule has 1 N–H and O–H groups in total. The zero-order valence-corrected chi connectivity index (χ0v) is 14.0. The third kappa shape index (κ3) is 3.80. The molecule has 3 rings (SSSR count). The molecule has 0 saturated carbocycles. The van der Waals surface area contributed by atoms with Crippen molar-refractivity contribution in [2.75, 3.05) is 5.32 Å². The van der Waals surface area contributed by atoms with Gasteiger partial charge in [0.15, 0.2) is 0 Å². The van der Waals surface area contributed by atoms with Gasteiger partial charge in [-0.2, -0.15) is 10.1 Å². The maximum absolute atomic E-state index is 12.3. The maximum atomic E-state index is 12.3. The minimum atomic E-state index is -0.771. The highest BCUT2D eigenvalue weighted by Crippen LogP contribution is 2.15. The van der Waals surface area contributed by atoms with E-state index in [0.717, 1.165) is 15.8 Å². The molecule has 1 heterocycles. The molecular weight excluding hydrogens is 316 g/mol. The Morgan fingerprint density at radius 1 is 1.08 bits per heavy atom. The predicted molar refractivity (Wildman–Crippen MR) is 96.2 cm³/mol. The van der Waals surface area contributed by atoms with E-state index >= 15 is 0 Å². The highest BCUT2D eigenvalue weighted by molar-refractivity contribution is 5.93. The molecule has 0 aliphatic rings. The number of hydrogen-bond donors (Lipinski definition) is 1. The molecule has 1 amide bonds. The van der Waals surface area contributed by atoms with Gasteiger partial charge in [-0.15, -0.1) is 0 Å². The number of nitrogens with zero attached hydrogens (tertiary/aromatic N) is 3. The van der Waals surface area contributed by atoms with Crippen LogP contribution in [0.25, 0.3) is 11.3 Å². The van der Waals surface area contributed by atoms with Crippen LogP contribution in [0.1, 0.15) is 18.5 Å². The number of benzene rings is 2. The van der Waals surface area contributed by atoms with Gasteiger partial charge >= 0.3 is 5.69 Å². The summed E-state index contributed by atoms with van der Waals surface area (Å²) in [7, 11) is 0. The Bertz CT molecular complexity index is 934. The SMILES string of the molecule is Cc1ccc(-c2cnn([C@H](C)C(=O)Nc3ccccc3)c(=O)n2)cc1. The minimum absolute atomic E-state index is 0.328. The average Bonchev–Trinajstić information content (AvgIpc) is 2.62. The Morgan fingerprint density at radius 2 is 1.76 bits per heavy atom. The summed E-state index contributed by atoms with van der Waals surface area (Å²) in [5.41, 5.74) is 2.52. The lowest BCUT2D eigenvalue weighted by Gasteiger charge is -2.13. The second kappa shape index (κ2) is 7.09. The molecule has 1 atom stereocenters. The van der Waals surface area contributed by atoms with Crippen molar-refractivity contribution >= 4 is 11.6 Å². The van der Waals surface area contributed by atoms with Crippen LogP contribution < -0.4 is 11.0 Å². The molecule has 0 aliphatic heterocycles. The van der Waals surface area contributed by atoms with Gasteiger partial charge in [0.2, 0.25) is 5.91 Å². The first-order valence-electron chi connectivity index (χ1n) is 7.93. The molecule has 2 aromatic carbocycles. The van der Waals surface area contributed by atoms with Gasteiger partial charge in [-0.1, -0.05) is 48.0 Å². The Kier molecular flexibility index (Phi) is 4.70. The van der Waals surface area contributed by atoms with Crippen LogP contribution in [-0.4, -0.2) is 20.7 Å². The van der Waals surface area contributed by atoms with Gasteiger partial charge in [-0.25, -0.2) is 9.48 Å². The van der Waals surface area contributed by atoms with E-state index in [1.54, 1.807) is 19.1 Å². The second-order valence-corrected chi connectivity index (χ2v) is 5.77. The van der Waals surface area contributed by atoms with Crippen molar-refractivity contribution in [3.05, 3.63) is 76.8 Å². The summed E-state index contributed by atoms with van der Waals surface area (Å²) in [6.45, 7) is 3.60. The minimum Gasteiger partial charge on any atom is -0.324 e. The van der Waals surface area contributed by atoms with Crippen molar-refractivity contribution in [3.8, 4) is 11.3 Å². The summed E-state index contributed by atoms with van der Waals surface area (Å²) < 4.78 is 1.08. The molecular formula is C19H18N4O2. The topological polar surface area (TPSA) is 76.9 Å². The van der Waals surface area contributed by atoms with Gasteiger partial charge in [0.25, 0.3) is 0 Å². The first-order chi connectivity index (χ1) is 12.0. The van der Waals surface area contributed by atoms with Crippen molar-refractivity contribution in [1.29, 1.82) is 0 Å². The van der Waals surface area contributed by atoms with E-state index in [9.17, 15) is 9.59 Å². The molecule has 0 unspecified atom stereocenters. The van der Waals surface area contributed by atoms with Crippen LogP contribution >= 0.6 is 0 Å². The van der Waals surface area contributed by atoms with Gasteiger partial charge in [0, 0.05) is 11.3 Å². The van der Waals surface area contributed by atoms with Gasteiger partial charge in [0.1, 0.15) is 6.04 Å². The molecule has 6 nitrogen and oxygen atoms in total. The Balaban J connectivity index is 1.81. The van der Waals surface area contributed by atoms with E-state index in [1.165, 1.54) is 6.20 Å². The normalized spacial score (nSPS) is 11.8. The first-order valence-corrected chi connectivity index (χ1v) is 7.93. The van der Waals surface area contributed by atoms with Crippen LogP contribution in [0.2, 0.25) is 0 Å². The summed E-state index contributed by atoms with van der Waals surface area (Å²) >= 11 is 0. The molecule has 6 heteroatoms. The monoisotopic (exact) mass is 334 g/mol. The Hall–Kier alpha value is -3.28. The van der Waals surface area contributed by atoms with Gasteiger partial charge in [-0.05, 0) is 26.0 Å². The van der Waals surface area contributed by atoms with E-state index < -0.39 is 11.7 Å². The van der Waals surface area contributed by atoms with E-state index in [4.69, 9.17) is 0 Å². The summed E-state index contributed by atoms with van der Waals surface area (Å²) in [6, 6.07) is 15.9. The van der Waals surface area contributed by atoms with Crippen LogP contribution in [0, 0.1) is 6.92 Å². The molecule has 25 heavy (non-hydrogen) atoms. The van der Waals surface area contributed by atoms with Gasteiger partial charge < -0.3 is 5.32 Å². The number of carbonyl (C=O) groups is 1.